The zero-order valence-electron chi connectivity index (χ0n) is 16.8. The smallest absolute Gasteiger partial charge is 0.321 e. The number of rotatable bonds is 4. The maximum Gasteiger partial charge on any atom is 0.321 e. The predicted octanol–water partition coefficient (Wildman–Crippen LogP) is 2.97. The molecule has 0 aliphatic carbocycles. The predicted molar refractivity (Wildman–Crippen MR) is 111 cm³/mol. The summed E-state index contributed by atoms with van der Waals surface area (Å²) < 4.78 is 28.4. The number of hydrogen-bond acceptors (Lipinski definition) is 3. The molecule has 0 spiro atoms. The van der Waals surface area contributed by atoms with Gasteiger partial charge in [-0.15, -0.1) is 0 Å². The zero-order chi connectivity index (χ0) is 21.3. The fraction of sp³-hybridized carbons (Fsp3) is 0.348. The highest BCUT2D eigenvalue weighted by Crippen LogP contribution is 2.41. The van der Waals surface area contributed by atoms with Crippen molar-refractivity contribution in [1.29, 1.82) is 0 Å². The summed E-state index contributed by atoms with van der Waals surface area (Å²) in [6, 6.07) is 12.2. The molecule has 1 saturated heterocycles. The Morgan fingerprint density at radius 1 is 1.27 bits per heavy atom. The summed E-state index contributed by atoms with van der Waals surface area (Å²) in [5.74, 6) is -1.12. The van der Waals surface area contributed by atoms with Crippen LogP contribution in [0.2, 0.25) is 0 Å². The van der Waals surface area contributed by atoms with Crippen molar-refractivity contribution in [3.05, 3.63) is 77.4 Å². The first-order valence-electron chi connectivity index (χ1n) is 10.0. The Morgan fingerprint density at radius 2 is 2.03 bits per heavy atom. The lowest BCUT2D eigenvalue weighted by molar-refractivity contribution is 0.0808. The molecule has 0 bridgehead atoms. The van der Waals surface area contributed by atoms with Gasteiger partial charge in [-0.25, -0.2) is 13.6 Å². The molecule has 2 N–H and O–H groups in total. The van der Waals surface area contributed by atoms with Crippen molar-refractivity contribution >= 4 is 11.6 Å². The van der Waals surface area contributed by atoms with E-state index in [1.165, 1.54) is 0 Å². The number of halogens is 2. The highest BCUT2D eigenvalue weighted by atomic mass is 19.1. The Balaban J connectivity index is 1.79. The van der Waals surface area contributed by atoms with Gasteiger partial charge in [0.25, 0.3) is 0 Å². The summed E-state index contributed by atoms with van der Waals surface area (Å²) in [5.41, 5.74) is 0.123. The van der Waals surface area contributed by atoms with Crippen molar-refractivity contribution in [2.45, 2.75) is 18.0 Å². The quantitative estimate of drug-likeness (QED) is 0.811. The molecule has 2 aliphatic rings. The molecule has 0 aromatic heterocycles. The monoisotopic (exact) mass is 413 g/mol. The number of likely N-dealkylation sites (N-methyl/N-ethyl adjacent to an activating group) is 1. The lowest BCUT2D eigenvalue weighted by Crippen LogP contribution is -2.54. The van der Waals surface area contributed by atoms with Gasteiger partial charge in [0.2, 0.25) is 0 Å². The van der Waals surface area contributed by atoms with Gasteiger partial charge in [0, 0.05) is 31.7 Å². The normalized spacial score (nSPS) is 23.5. The van der Waals surface area contributed by atoms with Crippen LogP contribution in [0.1, 0.15) is 17.5 Å². The third kappa shape index (κ3) is 3.48. The van der Waals surface area contributed by atoms with Crippen molar-refractivity contribution < 1.29 is 18.7 Å². The average molecular weight is 413 g/mol. The van der Waals surface area contributed by atoms with E-state index >= 15 is 0 Å². The van der Waals surface area contributed by atoms with E-state index in [4.69, 9.17) is 0 Å². The van der Waals surface area contributed by atoms with Gasteiger partial charge in [-0.2, -0.15) is 0 Å². The summed E-state index contributed by atoms with van der Waals surface area (Å²) in [7, 11) is 1.74. The number of hydrogen-bond donors (Lipinski definition) is 2. The number of amides is 2. The van der Waals surface area contributed by atoms with Gasteiger partial charge >= 0.3 is 6.03 Å². The summed E-state index contributed by atoms with van der Waals surface area (Å²) >= 11 is 0. The van der Waals surface area contributed by atoms with Gasteiger partial charge in [-0.3, -0.25) is 0 Å². The van der Waals surface area contributed by atoms with Gasteiger partial charge < -0.3 is 20.2 Å². The van der Waals surface area contributed by atoms with E-state index in [1.54, 1.807) is 22.9 Å². The van der Waals surface area contributed by atoms with E-state index in [1.807, 2.05) is 30.3 Å². The Hall–Kier alpha value is -2.77. The van der Waals surface area contributed by atoms with Crippen LogP contribution in [0.5, 0.6) is 0 Å². The summed E-state index contributed by atoms with van der Waals surface area (Å²) in [4.78, 5) is 16.7. The van der Waals surface area contributed by atoms with E-state index in [2.05, 4.69) is 5.32 Å². The molecule has 2 amide bonds. The van der Waals surface area contributed by atoms with E-state index in [0.29, 0.717) is 17.7 Å². The number of aliphatic hydroxyl groups excluding tert-OH is 1. The molecular formula is C23H25F2N3O2. The lowest BCUT2D eigenvalue weighted by atomic mass is 9.89. The number of nitrogens with one attached hydrogen (secondary N) is 1. The second-order valence-corrected chi connectivity index (χ2v) is 7.87. The first-order valence-corrected chi connectivity index (χ1v) is 10.0. The molecule has 2 atom stereocenters. The summed E-state index contributed by atoms with van der Waals surface area (Å²) in [6.45, 7) is 1.23. The number of carbonyl (C=O) groups is 1. The molecule has 2 aliphatic heterocycles. The summed E-state index contributed by atoms with van der Waals surface area (Å²) in [6.07, 6.45) is 2.53. The average Bonchev–Trinajstić information content (AvgIpc) is 3.44. The molecule has 7 heteroatoms. The third-order valence-corrected chi connectivity index (χ3v) is 6.13. The standard InChI is InChI=1S/C23H25F2N3O2/c1-27(19-9-10-26-13-19)22(30)28-14-16(20-11-18(24)7-8-21(20)25)12-23(28,15-29)17-5-3-2-4-6-17/h2-8,11-12,19,26,29H,9-10,13-15H2,1H3. The van der Waals surface area contributed by atoms with Gasteiger partial charge in [0.05, 0.1) is 6.61 Å². The van der Waals surface area contributed by atoms with Crippen molar-refractivity contribution in [1.82, 2.24) is 15.1 Å². The summed E-state index contributed by atoms with van der Waals surface area (Å²) in [5, 5.41) is 13.7. The van der Waals surface area contributed by atoms with Crippen LogP contribution in [-0.2, 0) is 5.54 Å². The number of nitrogens with zero attached hydrogens (tertiary/aromatic N) is 2. The number of carbonyl (C=O) groups excluding carboxylic acids is 1. The van der Waals surface area contributed by atoms with Gasteiger partial charge in [0.1, 0.15) is 17.2 Å². The Kier molecular flexibility index (Phi) is 5.58. The van der Waals surface area contributed by atoms with E-state index in [9.17, 15) is 18.7 Å². The molecule has 2 heterocycles. The van der Waals surface area contributed by atoms with Crippen LogP contribution in [-0.4, -0.2) is 60.3 Å². The van der Waals surface area contributed by atoms with Crippen LogP contribution >= 0.6 is 0 Å². The first-order chi connectivity index (χ1) is 14.5. The highest BCUT2D eigenvalue weighted by Gasteiger charge is 2.46. The van der Waals surface area contributed by atoms with E-state index in [0.717, 1.165) is 31.2 Å². The minimum Gasteiger partial charge on any atom is -0.393 e. The van der Waals surface area contributed by atoms with Crippen molar-refractivity contribution in [2.24, 2.45) is 0 Å². The van der Waals surface area contributed by atoms with E-state index < -0.39 is 17.2 Å². The lowest BCUT2D eigenvalue weighted by Gasteiger charge is -2.40. The van der Waals surface area contributed by atoms with Crippen molar-refractivity contribution in [2.75, 3.05) is 33.3 Å². The second kappa shape index (κ2) is 8.16. The Bertz CT molecular complexity index is 960. The number of aliphatic hydroxyl groups is 1. The molecule has 2 unspecified atom stereocenters. The fourth-order valence-electron chi connectivity index (χ4n) is 4.37. The van der Waals surface area contributed by atoms with Crippen LogP contribution in [0.3, 0.4) is 0 Å². The highest BCUT2D eigenvalue weighted by molar-refractivity contribution is 5.83. The van der Waals surface area contributed by atoms with Crippen LogP contribution in [0.4, 0.5) is 13.6 Å². The Morgan fingerprint density at radius 3 is 2.70 bits per heavy atom. The van der Waals surface area contributed by atoms with Crippen molar-refractivity contribution in [3.8, 4) is 0 Å². The molecule has 5 nitrogen and oxygen atoms in total. The molecule has 4 rings (SSSR count). The number of urea groups is 1. The molecule has 30 heavy (non-hydrogen) atoms. The second-order valence-electron chi connectivity index (χ2n) is 7.87. The molecule has 0 saturated carbocycles. The topological polar surface area (TPSA) is 55.8 Å². The van der Waals surface area contributed by atoms with Crippen LogP contribution in [0, 0.1) is 11.6 Å². The zero-order valence-corrected chi connectivity index (χ0v) is 16.8. The number of benzene rings is 2. The molecular weight excluding hydrogens is 388 g/mol. The largest absolute Gasteiger partial charge is 0.393 e. The SMILES string of the molecule is CN(C(=O)N1CC(c2cc(F)ccc2F)=CC1(CO)c1ccccc1)C1CCNC1. The first kappa shape index (κ1) is 20.5. The molecule has 2 aromatic carbocycles. The van der Waals surface area contributed by atoms with Crippen molar-refractivity contribution in [3.63, 3.8) is 0 Å². The maximum atomic E-state index is 14.5. The van der Waals surface area contributed by atoms with Gasteiger partial charge in [-0.1, -0.05) is 30.3 Å². The van der Waals surface area contributed by atoms with Gasteiger partial charge in [0.15, 0.2) is 0 Å². The molecule has 1 fully saturated rings. The maximum absolute atomic E-state index is 14.5. The molecule has 158 valence electrons. The molecule has 0 radical (unpaired) electrons. The third-order valence-electron chi connectivity index (χ3n) is 6.13. The molecule has 2 aromatic rings. The Labute approximate surface area is 174 Å². The van der Waals surface area contributed by atoms with Gasteiger partial charge in [-0.05, 0) is 48.4 Å². The fourth-order valence-corrected chi connectivity index (χ4v) is 4.37. The van der Waals surface area contributed by atoms with E-state index in [-0.39, 0.29) is 30.8 Å². The minimum atomic E-state index is -1.16. The minimum absolute atomic E-state index is 0.0413. The van der Waals surface area contributed by atoms with Crippen LogP contribution < -0.4 is 5.32 Å². The van der Waals surface area contributed by atoms with Crippen LogP contribution in [0.25, 0.3) is 5.57 Å². The van der Waals surface area contributed by atoms with Crippen LogP contribution in [0.15, 0.2) is 54.6 Å².